The van der Waals surface area contributed by atoms with Gasteiger partial charge in [0.1, 0.15) is 11.9 Å². The van der Waals surface area contributed by atoms with Crippen LogP contribution in [0.25, 0.3) is 11.3 Å². The molecule has 3 atom stereocenters. The standard InChI is InChI=1S/C27H31FN4O4/c1-15-24-20(27(36)32(15)22-5-6-23(34)30-26(22)35)4-3-19(25(24)28)21-13-17(7-10-29-21)14-31-11-8-18(9-12-31)16(2)33/h3-4,7,10,13,15-16,18,22,33H,5-6,8-9,11-12,14H2,1-2H3,(H,30,34,35)/t15-,16?,22+/m1/s1. The molecule has 8 nitrogen and oxygen atoms in total. The lowest BCUT2D eigenvalue weighted by Gasteiger charge is -2.33. The summed E-state index contributed by atoms with van der Waals surface area (Å²) in [6.07, 6.45) is 3.65. The summed E-state index contributed by atoms with van der Waals surface area (Å²) in [5.41, 5.74) is 2.32. The number of aliphatic hydroxyl groups excluding tert-OH is 1. The zero-order valence-electron chi connectivity index (χ0n) is 20.5. The number of rotatable bonds is 5. The Kier molecular flexibility index (Phi) is 6.61. The van der Waals surface area contributed by atoms with Crippen LogP contribution in [-0.4, -0.2) is 62.8 Å². The van der Waals surface area contributed by atoms with Crippen molar-refractivity contribution in [1.82, 2.24) is 20.1 Å². The molecule has 2 saturated heterocycles. The number of imide groups is 1. The summed E-state index contributed by atoms with van der Waals surface area (Å²) >= 11 is 0. The van der Waals surface area contributed by atoms with Gasteiger partial charge in [0, 0.05) is 35.9 Å². The van der Waals surface area contributed by atoms with Crippen LogP contribution < -0.4 is 5.32 Å². The topological polar surface area (TPSA) is 103 Å². The van der Waals surface area contributed by atoms with E-state index in [2.05, 4.69) is 15.2 Å². The highest BCUT2D eigenvalue weighted by atomic mass is 19.1. The van der Waals surface area contributed by atoms with Gasteiger partial charge >= 0.3 is 0 Å². The fourth-order valence-corrected chi connectivity index (χ4v) is 5.77. The molecule has 1 aromatic heterocycles. The lowest BCUT2D eigenvalue weighted by molar-refractivity contribution is -0.137. The normalized spacial score (nSPS) is 24.1. The number of halogens is 1. The Hall–Kier alpha value is -3.17. The van der Waals surface area contributed by atoms with Gasteiger partial charge in [-0.15, -0.1) is 0 Å². The van der Waals surface area contributed by atoms with E-state index >= 15 is 4.39 Å². The maximum atomic E-state index is 15.9. The van der Waals surface area contributed by atoms with Gasteiger partial charge in [0.05, 0.1) is 17.8 Å². The smallest absolute Gasteiger partial charge is 0.255 e. The van der Waals surface area contributed by atoms with Crippen molar-refractivity contribution in [1.29, 1.82) is 0 Å². The van der Waals surface area contributed by atoms with Crippen LogP contribution >= 0.6 is 0 Å². The Morgan fingerprint density at radius 1 is 1.14 bits per heavy atom. The Labute approximate surface area is 209 Å². The summed E-state index contributed by atoms with van der Waals surface area (Å²) in [6, 6.07) is 5.53. The number of likely N-dealkylation sites (tertiary alicyclic amines) is 1. The first-order chi connectivity index (χ1) is 17.2. The average Bonchev–Trinajstić information content (AvgIpc) is 3.10. The molecule has 4 heterocycles. The van der Waals surface area contributed by atoms with E-state index in [4.69, 9.17) is 0 Å². The number of amides is 3. The molecule has 2 N–H and O–H groups in total. The largest absolute Gasteiger partial charge is 0.393 e. The van der Waals surface area contributed by atoms with Crippen LogP contribution in [0.3, 0.4) is 0 Å². The molecule has 3 amide bonds. The van der Waals surface area contributed by atoms with E-state index < -0.39 is 29.7 Å². The summed E-state index contributed by atoms with van der Waals surface area (Å²) in [7, 11) is 0. The molecule has 2 aromatic rings. The molecule has 3 aliphatic rings. The number of aromatic nitrogens is 1. The third kappa shape index (κ3) is 4.41. The molecule has 36 heavy (non-hydrogen) atoms. The maximum absolute atomic E-state index is 15.9. The molecule has 190 valence electrons. The van der Waals surface area contributed by atoms with E-state index in [1.165, 1.54) is 4.90 Å². The third-order valence-electron chi connectivity index (χ3n) is 7.85. The van der Waals surface area contributed by atoms with Gasteiger partial charge in [-0.1, -0.05) is 0 Å². The van der Waals surface area contributed by atoms with Crippen molar-refractivity contribution in [3.8, 4) is 11.3 Å². The van der Waals surface area contributed by atoms with E-state index in [1.54, 1.807) is 25.3 Å². The number of carbonyl (C=O) groups excluding carboxylic acids is 3. The first-order valence-electron chi connectivity index (χ1n) is 12.6. The predicted molar refractivity (Wildman–Crippen MR) is 130 cm³/mol. The van der Waals surface area contributed by atoms with E-state index in [0.29, 0.717) is 23.7 Å². The second kappa shape index (κ2) is 9.71. The van der Waals surface area contributed by atoms with Gasteiger partial charge in [-0.3, -0.25) is 29.6 Å². The zero-order chi connectivity index (χ0) is 25.6. The fraction of sp³-hybridized carbons (Fsp3) is 0.481. The average molecular weight is 495 g/mol. The molecule has 0 saturated carbocycles. The third-order valence-corrected chi connectivity index (χ3v) is 7.85. The monoisotopic (exact) mass is 494 g/mol. The number of nitrogens with zero attached hydrogens (tertiary/aromatic N) is 3. The lowest BCUT2D eigenvalue weighted by atomic mass is 9.92. The number of nitrogens with one attached hydrogen (secondary N) is 1. The first kappa shape index (κ1) is 24.5. The minimum absolute atomic E-state index is 0.143. The van der Waals surface area contributed by atoms with E-state index in [9.17, 15) is 19.5 Å². The lowest BCUT2D eigenvalue weighted by Crippen LogP contribution is -2.53. The van der Waals surface area contributed by atoms with Crippen molar-refractivity contribution >= 4 is 17.7 Å². The SMILES string of the molecule is CC(O)C1CCN(Cc2ccnc(-c3ccc4c(c3F)[C@@H](C)N([C@H]3CCC(=O)NC3=O)C4=O)c2)CC1. The molecule has 0 aliphatic carbocycles. The number of pyridine rings is 1. The molecular weight excluding hydrogens is 463 g/mol. The molecule has 5 rings (SSSR count). The molecule has 2 fully saturated rings. The van der Waals surface area contributed by atoms with E-state index in [1.807, 2.05) is 19.1 Å². The summed E-state index contributed by atoms with van der Waals surface area (Å²) in [4.78, 5) is 45.2. The predicted octanol–water partition coefficient (Wildman–Crippen LogP) is 2.80. The number of aliphatic hydroxyl groups is 1. The van der Waals surface area contributed by atoms with Crippen LogP contribution in [0.4, 0.5) is 4.39 Å². The second-order valence-electron chi connectivity index (χ2n) is 10.1. The number of benzene rings is 1. The number of hydrogen-bond acceptors (Lipinski definition) is 6. The van der Waals surface area contributed by atoms with Gasteiger partial charge in [0.15, 0.2) is 0 Å². The number of piperidine rings is 2. The number of fused-ring (bicyclic) bond motifs is 1. The molecule has 3 aliphatic heterocycles. The van der Waals surface area contributed by atoms with Gasteiger partial charge in [0.2, 0.25) is 11.8 Å². The van der Waals surface area contributed by atoms with Crippen LogP contribution in [0, 0.1) is 11.7 Å². The van der Waals surface area contributed by atoms with Crippen molar-refractivity contribution in [2.75, 3.05) is 13.1 Å². The first-order valence-corrected chi connectivity index (χ1v) is 12.6. The number of carbonyl (C=O) groups is 3. The van der Waals surface area contributed by atoms with Crippen molar-refractivity contribution < 1.29 is 23.9 Å². The highest BCUT2D eigenvalue weighted by Crippen LogP contribution is 2.41. The molecule has 0 radical (unpaired) electrons. The summed E-state index contributed by atoms with van der Waals surface area (Å²) < 4.78 is 15.9. The quantitative estimate of drug-likeness (QED) is 0.620. The van der Waals surface area contributed by atoms with Gasteiger partial charge in [-0.25, -0.2) is 4.39 Å². The van der Waals surface area contributed by atoms with Crippen LogP contribution in [0.1, 0.15) is 67.1 Å². The van der Waals surface area contributed by atoms with Crippen molar-refractivity contribution in [2.24, 2.45) is 5.92 Å². The Morgan fingerprint density at radius 3 is 2.56 bits per heavy atom. The van der Waals surface area contributed by atoms with Gasteiger partial charge in [0.25, 0.3) is 5.91 Å². The minimum Gasteiger partial charge on any atom is -0.393 e. The maximum Gasteiger partial charge on any atom is 0.255 e. The minimum atomic E-state index is -0.806. The van der Waals surface area contributed by atoms with Crippen LogP contribution in [0.5, 0.6) is 0 Å². The zero-order valence-corrected chi connectivity index (χ0v) is 20.5. The van der Waals surface area contributed by atoms with Crippen LogP contribution in [0.15, 0.2) is 30.5 Å². The molecule has 1 unspecified atom stereocenters. The fourth-order valence-electron chi connectivity index (χ4n) is 5.77. The number of hydrogen-bond donors (Lipinski definition) is 2. The molecule has 0 spiro atoms. The van der Waals surface area contributed by atoms with Crippen molar-refractivity contribution in [3.05, 3.63) is 53.0 Å². The van der Waals surface area contributed by atoms with Crippen molar-refractivity contribution in [2.45, 2.75) is 64.3 Å². The highest BCUT2D eigenvalue weighted by molar-refractivity contribution is 6.06. The second-order valence-corrected chi connectivity index (χ2v) is 10.1. The molecule has 1 aromatic carbocycles. The summed E-state index contributed by atoms with van der Waals surface area (Å²) in [5, 5.41) is 12.1. The molecule has 0 bridgehead atoms. The Bertz CT molecular complexity index is 1210. The van der Waals surface area contributed by atoms with Gasteiger partial charge in [-0.2, -0.15) is 0 Å². The van der Waals surface area contributed by atoms with Gasteiger partial charge in [-0.05, 0) is 81.9 Å². The molecular formula is C27H31FN4O4. The summed E-state index contributed by atoms with van der Waals surface area (Å²) in [5.74, 6) is -1.46. The van der Waals surface area contributed by atoms with Crippen molar-refractivity contribution in [3.63, 3.8) is 0 Å². The van der Waals surface area contributed by atoms with Crippen LogP contribution in [-0.2, 0) is 16.1 Å². The summed E-state index contributed by atoms with van der Waals surface area (Å²) in [6.45, 7) is 6.07. The van der Waals surface area contributed by atoms with Crippen LogP contribution in [0.2, 0.25) is 0 Å². The van der Waals surface area contributed by atoms with E-state index in [-0.39, 0.29) is 36.0 Å². The van der Waals surface area contributed by atoms with E-state index in [0.717, 1.165) is 31.5 Å². The van der Waals surface area contributed by atoms with Gasteiger partial charge < -0.3 is 10.0 Å². The Balaban J connectivity index is 1.37. The molecule has 9 heteroatoms. The highest BCUT2D eigenvalue weighted by Gasteiger charge is 2.44. The Morgan fingerprint density at radius 2 is 1.86 bits per heavy atom.